The van der Waals surface area contributed by atoms with Gasteiger partial charge in [-0.05, 0) is 31.5 Å². The highest BCUT2D eigenvalue weighted by Crippen LogP contribution is 2.28. The molecule has 6 heteroatoms. The molecule has 1 aromatic carbocycles. The molecule has 1 aromatic heterocycles. The number of aromatic nitrogens is 1. The lowest BCUT2D eigenvalue weighted by atomic mass is 10.2. The molecule has 0 saturated carbocycles. The van der Waals surface area contributed by atoms with Gasteiger partial charge in [-0.1, -0.05) is 22.9 Å². The van der Waals surface area contributed by atoms with Gasteiger partial charge >= 0.3 is 5.97 Å². The van der Waals surface area contributed by atoms with Crippen molar-refractivity contribution in [3.63, 3.8) is 0 Å². The van der Waals surface area contributed by atoms with Crippen molar-refractivity contribution in [2.75, 3.05) is 6.61 Å². The monoisotopic (exact) mass is 341 g/mol. The van der Waals surface area contributed by atoms with Crippen LogP contribution in [0, 0.1) is 5.82 Å². The number of hydrogen-bond acceptors (Lipinski definition) is 4. The molecule has 0 spiro atoms. The second-order valence-electron chi connectivity index (χ2n) is 3.99. The van der Waals surface area contributed by atoms with Crippen LogP contribution in [0.25, 0.3) is 11.5 Å². The van der Waals surface area contributed by atoms with Crippen molar-refractivity contribution in [2.24, 2.45) is 0 Å². The van der Waals surface area contributed by atoms with E-state index in [1.54, 1.807) is 19.1 Å². The maximum atomic E-state index is 13.8. The summed E-state index contributed by atoms with van der Waals surface area (Å²) < 4.78 is 24.8. The molecule has 2 aromatic rings. The number of ether oxygens (including phenoxy) is 1. The standard InChI is InChI=1S/C14H13BrFNO3/c1-3-11-12(14(18)19-4-2)20-13(17-11)9-7-8(15)5-6-10(9)16/h5-7H,3-4H2,1-2H3. The molecule has 0 bridgehead atoms. The fraction of sp³-hybridized carbons (Fsp3) is 0.286. The molecule has 2 rings (SSSR count). The number of rotatable bonds is 4. The second kappa shape index (κ2) is 6.17. The van der Waals surface area contributed by atoms with Crippen LogP contribution in [0.15, 0.2) is 27.1 Å². The van der Waals surface area contributed by atoms with Crippen molar-refractivity contribution in [1.82, 2.24) is 4.98 Å². The first-order valence-electron chi connectivity index (χ1n) is 6.19. The fourth-order valence-electron chi connectivity index (χ4n) is 1.72. The van der Waals surface area contributed by atoms with Gasteiger partial charge in [-0.3, -0.25) is 0 Å². The Morgan fingerprint density at radius 3 is 2.85 bits per heavy atom. The summed E-state index contributed by atoms with van der Waals surface area (Å²) in [6, 6.07) is 4.43. The molecule has 0 N–H and O–H groups in total. The minimum Gasteiger partial charge on any atom is -0.460 e. The average Bonchev–Trinajstić information content (AvgIpc) is 2.86. The predicted molar refractivity (Wildman–Crippen MR) is 74.9 cm³/mol. The molecular formula is C14H13BrFNO3. The van der Waals surface area contributed by atoms with Crippen molar-refractivity contribution in [1.29, 1.82) is 0 Å². The Labute approximate surface area is 124 Å². The van der Waals surface area contributed by atoms with Crippen LogP contribution in [0.3, 0.4) is 0 Å². The van der Waals surface area contributed by atoms with E-state index in [1.165, 1.54) is 6.07 Å². The molecule has 0 aliphatic heterocycles. The molecule has 0 saturated heterocycles. The zero-order chi connectivity index (χ0) is 14.7. The number of esters is 1. The van der Waals surface area contributed by atoms with Gasteiger partial charge in [-0.15, -0.1) is 0 Å². The Hall–Kier alpha value is -1.69. The number of oxazole rings is 1. The third-order valence-electron chi connectivity index (χ3n) is 2.65. The Morgan fingerprint density at radius 2 is 2.20 bits per heavy atom. The van der Waals surface area contributed by atoms with Gasteiger partial charge in [0.2, 0.25) is 11.7 Å². The summed E-state index contributed by atoms with van der Waals surface area (Å²) in [5.74, 6) is -0.946. The molecule has 1 heterocycles. The van der Waals surface area contributed by atoms with Crippen LogP contribution in [0.1, 0.15) is 30.1 Å². The highest BCUT2D eigenvalue weighted by molar-refractivity contribution is 9.10. The van der Waals surface area contributed by atoms with E-state index >= 15 is 0 Å². The lowest BCUT2D eigenvalue weighted by Crippen LogP contribution is -2.05. The number of aryl methyl sites for hydroxylation is 1. The van der Waals surface area contributed by atoms with E-state index in [0.29, 0.717) is 16.6 Å². The van der Waals surface area contributed by atoms with Gasteiger partial charge in [-0.25, -0.2) is 14.2 Å². The molecule has 4 nitrogen and oxygen atoms in total. The first-order chi connectivity index (χ1) is 9.56. The van der Waals surface area contributed by atoms with E-state index in [2.05, 4.69) is 20.9 Å². The van der Waals surface area contributed by atoms with Crippen molar-refractivity contribution in [3.8, 4) is 11.5 Å². The van der Waals surface area contributed by atoms with Gasteiger partial charge < -0.3 is 9.15 Å². The zero-order valence-electron chi connectivity index (χ0n) is 11.1. The number of halogens is 2. The van der Waals surface area contributed by atoms with Crippen LogP contribution in [0.4, 0.5) is 4.39 Å². The SMILES string of the molecule is CCOC(=O)c1oc(-c2cc(Br)ccc2F)nc1CC. The molecule has 0 fully saturated rings. The molecule has 106 valence electrons. The normalized spacial score (nSPS) is 10.6. The number of hydrogen-bond donors (Lipinski definition) is 0. The Bertz CT molecular complexity index is 639. The summed E-state index contributed by atoms with van der Waals surface area (Å²) >= 11 is 3.26. The second-order valence-corrected chi connectivity index (χ2v) is 4.91. The van der Waals surface area contributed by atoms with E-state index in [9.17, 15) is 9.18 Å². The third-order valence-corrected chi connectivity index (χ3v) is 3.15. The molecule has 0 amide bonds. The molecule has 20 heavy (non-hydrogen) atoms. The smallest absolute Gasteiger partial charge is 0.376 e. The van der Waals surface area contributed by atoms with E-state index in [4.69, 9.17) is 9.15 Å². The molecule has 0 radical (unpaired) electrons. The fourth-order valence-corrected chi connectivity index (χ4v) is 2.09. The minimum atomic E-state index is -0.585. The van der Waals surface area contributed by atoms with Gasteiger partial charge in [-0.2, -0.15) is 0 Å². The lowest BCUT2D eigenvalue weighted by molar-refractivity contribution is 0.0489. The Morgan fingerprint density at radius 1 is 1.45 bits per heavy atom. The van der Waals surface area contributed by atoms with Crippen LogP contribution in [-0.4, -0.2) is 17.6 Å². The molecule has 0 unspecified atom stereocenters. The predicted octanol–water partition coefficient (Wildman–Crippen LogP) is 3.98. The van der Waals surface area contributed by atoms with E-state index < -0.39 is 11.8 Å². The van der Waals surface area contributed by atoms with E-state index in [-0.39, 0.29) is 23.8 Å². The minimum absolute atomic E-state index is 0.0312. The summed E-state index contributed by atoms with van der Waals surface area (Å²) in [6.45, 7) is 3.78. The van der Waals surface area contributed by atoms with Gasteiger partial charge in [0, 0.05) is 4.47 Å². The topological polar surface area (TPSA) is 52.3 Å². The van der Waals surface area contributed by atoms with E-state index in [0.717, 1.165) is 0 Å². The van der Waals surface area contributed by atoms with Gasteiger partial charge in [0.15, 0.2) is 0 Å². The number of benzene rings is 1. The van der Waals surface area contributed by atoms with Crippen molar-refractivity contribution < 1.29 is 18.3 Å². The highest BCUT2D eigenvalue weighted by Gasteiger charge is 2.22. The van der Waals surface area contributed by atoms with Gasteiger partial charge in [0.1, 0.15) is 5.82 Å². The quantitative estimate of drug-likeness (QED) is 0.789. The number of carbonyl (C=O) groups excluding carboxylic acids is 1. The van der Waals surface area contributed by atoms with Crippen LogP contribution < -0.4 is 0 Å². The highest BCUT2D eigenvalue weighted by atomic mass is 79.9. The van der Waals surface area contributed by atoms with E-state index in [1.807, 2.05) is 6.92 Å². The van der Waals surface area contributed by atoms with Crippen molar-refractivity contribution in [2.45, 2.75) is 20.3 Å². The molecule has 0 aliphatic carbocycles. The molecule has 0 aliphatic rings. The van der Waals surface area contributed by atoms with Gasteiger partial charge in [0.25, 0.3) is 0 Å². The summed E-state index contributed by atoms with van der Waals surface area (Å²) in [7, 11) is 0. The first-order valence-corrected chi connectivity index (χ1v) is 6.98. The van der Waals surface area contributed by atoms with Crippen LogP contribution in [0.2, 0.25) is 0 Å². The summed E-state index contributed by atoms with van der Waals surface area (Å²) in [4.78, 5) is 15.9. The average molecular weight is 342 g/mol. The summed E-state index contributed by atoms with van der Waals surface area (Å²) in [5.41, 5.74) is 0.655. The Balaban J connectivity index is 2.48. The summed E-state index contributed by atoms with van der Waals surface area (Å²) in [6.07, 6.45) is 0.493. The largest absolute Gasteiger partial charge is 0.460 e. The lowest BCUT2D eigenvalue weighted by Gasteiger charge is -1.99. The van der Waals surface area contributed by atoms with Crippen LogP contribution in [-0.2, 0) is 11.2 Å². The van der Waals surface area contributed by atoms with Crippen LogP contribution in [0.5, 0.6) is 0 Å². The zero-order valence-corrected chi connectivity index (χ0v) is 12.7. The summed E-state index contributed by atoms with van der Waals surface area (Å²) in [5, 5.41) is 0. The maximum absolute atomic E-state index is 13.8. The maximum Gasteiger partial charge on any atom is 0.376 e. The Kier molecular flexibility index (Phi) is 4.54. The third kappa shape index (κ3) is 2.90. The van der Waals surface area contributed by atoms with Gasteiger partial charge in [0.05, 0.1) is 17.9 Å². The van der Waals surface area contributed by atoms with Crippen molar-refractivity contribution >= 4 is 21.9 Å². The number of carbonyl (C=O) groups is 1. The first kappa shape index (κ1) is 14.7. The van der Waals surface area contributed by atoms with Crippen LogP contribution >= 0.6 is 15.9 Å². The molecule has 0 atom stereocenters. The van der Waals surface area contributed by atoms with Crippen molar-refractivity contribution in [3.05, 3.63) is 39.9 Å². The molecular weight excluding hydrogens is 329 g/mol. The number of nitrogens with zero attached hydrogens (tertiary/aromatic N) is 1.